The average Bonchev–Trinajstić information content (AvgIpc) is 3.45. The van der Waals surface area contributed by atoms with Crippen LogP contribution in [0, 0.1) is 5.92 Å². The molecule has 9 nitrogen and oxygen atoms in total. The number of benzene rings is 1. The third-order valence-corrected chi connectivity index (χ3v) is 6.05. The van der Waals surface area contributed by atoms with Gasteiger partial charge < -0.3 is 20.1 Å². The largest absolute Gasteiger partial charge is 0.480 e. The van der Waals surface area contributed by atoms with Gasteiger partial charge in [0, 0.05) is 13.1 Å². The Labute approximate surface area is 187 Å². The standard InChI is InChI=1S/C23H31N3O6/c1-15(2)19(21(28)25-12-7-11-18(25)22(29)30)24-20(27)17-10-6-13-26(17)23(31)32-14-16-8-4-3-5-9-16/h3-5,8-9,15,17-19H,6-7,10-14H2,1-2H3,(H,24,27)(H,29,30)/t17-,18-,19-/m0/s1. The summed E-state index contributed by atoms with van der Waals surface area (Å²) in [6.45, 7) is 4.48. The van der Waals surface area contributed by atoms with Crippen LogP contribution < -0.4 is 5.32 Å². The first-order valence-electron chi connectivity index (χ1n) is 11.1. The first kappa shape index (κ1) is 23.6. The first-order chi connectivity index (χ1) is 15.3. The molecule has 1 aromatic carbocycles. The van der Waals surface area contributed by atoms with Crippen LogP contribution in [0.25, 0.3) is 0 Å². The van der Waals surface area contributed by atoms with Gasteiger partial charge in [0.25, 0.3) is 0 Å². The number of rotatable bonds is 7. The van der Waals surface area contributed by atoms with Crippen LogP contribution in [-0.4, -0.2) is 70.0 Å². The van der Waals surface area contributed by atoms with E-state index in [0.717, 1.165) is 5.56 Å². The number of likely N-dealkylation sites (tertiary alicyclic amines) is 2. The van der Waals surface area contributed by atoms with Crippen molar-refractivity contribution < 1.29 is 29.0 Å². The molecule has 2 fully saturated rings. The second kappa shape index (κ2) is 10.5. The summed E-state index contributed by atoms with van der Waals surface area (Å²) in [5.74, 6) is -2.08. The van der Waals surface area contributed by atoms with Gasteiger partial charge in [0.15, 0.2) is 0 Å². The van der Waals surface area contributed by atoms with Crippen molar-refractivity contribution >= 4 is 23.9 Å². The van der Waals surface area contributed by atoms with E-state index in [1.54, 1.807) is 13.8 Å². The number of nitrogens with zero attached hydrogens (tertiary/aromatic N) is 2. The molecule has 2 saturated heterocycles. The van der Waals surface area contributed by atoms with Gasteiger partial charge in [-0.15, -0.1) is 0 Å². The summed E-state index contributed by atoms with van der Waals surface area (Å²) in [7, 11) is 0. The zero-order valence-corrected chi connectivity index (χ0v) is 18.5. The minimum atomic E-state index is -1.03. The molecule has 1 aromatic rings. The third kappa shape index (κ3) is 5.38. The third-order valence-electron chi connectivity index (χ3n) is 6.05. The number of carbonyl (C=O) groups is 4. The highest BCUT2D eigenvalue weighted by atomic mass is 16.6. The minimum Gasteiger partial charge on any atom is -0.480 e. The van der Waals surface area contributed by atoms with Crippen LogP contribution in [0.15, 0.2) is 30.3 Å². The van der Waals surface area contributed by atoms with Crippen LogP contribution in [0.3, 0.4) is 0 Å². The maximum absolute atomic E-state index is 13.1. The van der Waals surface area contributed by atoms with Crippen LogP contribution in [0.5, 0.6) is 0 Å². The predicted octanol–water partition coefficient (Wildman–Crippen LogP) is 2.00. The lowest BCUT2D eigenvalue weighted by molar-refractivity contribution is -0.150. The molecule has 3 rings (SSSR count). The van der Waals surface area contributed by atoms with Gasteiger partial charge in [0.2, 0.25) is 11.8 Å². The van der Waals surface area contributed by atoms with Gasteiger partial charge in [0.1, 0.15) is 24.7 Å². The second-order valence-corrected chi connectivity index (χ2v) is 8.65. The fourth-order valence-corrected chi connectivity index (χ4v) is 4.29. The summed E-state index contributed by atoms with van der Waals surface area (Å²) < 4.78 is 5.38. The van der Waals surface area contributed by atoms with E-state index in [4.69, 9.17) is 4.74 Å². The highest BCUT2D eigenvalue weighted by Crippen LogP contribution is 2.22. The Morgan fingerprint density at radius 2 is 1.66 bits per heavy atom. The van der Waals surface area contributed by atoms with Gasteiger partial charge in [-0.3, -0.25) is 14.5 Å². The van der Waals surface area contributed by atoms with Crippen LogP contribution in [0.2, 0.25) is 0 Å². The Bertz CT molecular complexity index is 843. The molecule has 32 heavy (non-hydrogen) atoms. The summed E-state index contributed by atoms with van der Waals surface area (Å²) in [5, 5.41) is 12.2. The molecular weight excluding hydrogens is 414 g/mol. The lowest BCUT2D eigenvalue weighted by Crippen LogP contribution is -2.57. The molecule has 2 aliphatic rings. The number of amides is 3. The molecular formula is C23H31N3O6. The van der Waals surface area contributed by atoms with Crippen LogP contribution >= 0.6 is 0 Å². The van der Waals surface area contributed by atoms with Crippen molar-refractivity contribution in [2.45, 2.75) is 64.3 Å². The molecule has 9 heteroatoms. The zero-order chi connectivity index (χ0) is 23.3. The monoisotopic (exact) mass is 445 g/mol. The molecule has 3 amide bonds. The Morgan fingerprint density at radius 1 is 1.03 bits per heavy atom. The molecule has 0 aliphatic carbocycles. The van der Waals surface area contributed by atoms with E-state index < -0.39 is 42.0 Å². The molecule has 0 unspecified atom stereocenters. The van der Waals surface area contributed by atoms with Gasteiger partial charge in [0.05, 0.1) is 0 Å². The van der Waals surface area contributed by atoms with Gasteiger partial charge >= 0.3 is 12.1 Å². The van der Waals surface area contributed by atoms with Crippen molar-refractivity contribution in [2.75, 3.05) is 13.1 Å². The average molecular weight is 446 g/mol. The number of nitrogens with one attached hydrogen (secondary N) is 1. The summed E-state index contributed by atoms with van der Waals surface area (Å²) in [6.07, 6.45) is 1.59. The highest BCUT2D eigenvalue weighted by molar-refractivity contribution is 5.93. The van der Waals surface area contributed by atoms with Crippen molar-refractivity contribution in [3.63, 3.8) is 0 Å². The molecule has 0 spiro atoms. The molecule has 3 atom stereocenters. The number of hydrogen-bond acceptors (Lipinski definition) is 5. The first-order valence-corrected chi connectivity index (χ1v) is 11.1. The smallest absolute Gasteiger partial charge is 0.410 e. The maximum atomic E-state index is 13.1. The fourth-order valence-electron chi connectivity index (χ4n) is 4.29. The number of carboxylic acids is 1. The summed E-state index contributed by atoms with van der Waals surface area (Å²) in [5.41, 5.74) is 0.852. The quantitative estimate of drug-likeness (QED) is 0.663. The topological polar surface area (TPSA) is 116 Å². The van der Waals surface area contributed by atoms with Crippen LogP contribution in [0.4, 0.5) is 4.79 Å². The Hall–Kier alpha value is -3.10. The van der Waals surface area contributed by atoms with Gasteiger partial charge in [-0.25, -0.2) is 9.59 Å². The normalized spacial score (nSPS) is 21.5. The Balaban J connectivity index is 1.63. The number of carboxylic acid groups (broad SMARTS) is 1. The fraction of sp³-hybridized carbons (Fsp3) is 0.565. The molecule has 0 bridgehead atoms. The maximum Gasteiger partial charge on any atom is 0.410 e. The zero-order valence-electron chi connectivity index (χ0n) is 18.5. The van der Waals surface area contributed by atoms with Crippen molar-refractivity contribution in [1.29, 1.82) is 0 Å². The van der Waals surface area contributed by atoms with E-state index in [9.17, 15) is 24.3 Å². The molecule has 0 radical (unpaired) electrons. The Morgan fingerprint density at radius 3 is 2.28 bits per heavy atom. The van der Waals surface area contributed by atoms with Crippen molar-refractivity contribution in [3.05, 3.63) is 35.9 Å². The Kier molecular flexibility index (Phi) is 7.71. The van der Waals surface area contributed by atoms with E-state index in [1.165, 1.54) is 9.80 Å². The molecule has 2 heterocycles. The second-order valence-electron chi connectivity index (χ2n) is 8.65. The summed E-state index contributed by atoms with van der Waals surface area (Å²) in [6, 6.07) is 6.84. The predicted molar refractivity (Wildman–Crippen MR) is 115 cm³/mol. The summed E-state index contributed by atoms with van der Waals surface area (Å²) in [4.78, 5) is 52.9. The lowest BCUT2D eigenvalue weighted by atomic mass is 10.0. The number of hydrogen-bond donors (Lipinski definition) is 2. The highest BCUT2D eigenvalue weighted by Gasteiger charge is 2.41. The van der Waals surface area contributed by atoms with Crippen molar-refractivity contribution in [3.8, 4) is 0 Å². The van der Waals surface area contributed by atoms with E-state index in [-0.39, 0.29) is 12.5 Å². The SMILES string of the molecule is CC(C)[C@H](NC(=O)[C@@H]1CCCN1C(=O)OCc1ccccc1)C(=O)N1CCC[C@H]1C(=O)O. The van der Waals surface area contributed by atoms with Crippen molar-refractivity contribution in [2.24, 2.45) is 5.92 Å². The number of carbonyl (C=O) groups excluding carboxylic acids is 3. The van der Waals surface area contributed by atoms with E-state index in [1.807, 2.05) is 30.3 Å². The lowest BCUT2D eigenvalue weighted by Gasteiger charge is -2.31. The molecule has 2 aliphatic heterocycles. The number of aliphatic carboxylic acids is 1. The van der Waals surface area contributed by atoms with Gasteiger partial charge in [-0.2, -0.15) is 0 Å². The van der Waals surface area contributed by atoms with Crippen LogP contribution in [-0.2, 0) is 25.7 Å². The van der Waals surface area contributed by atoms with Gasteiger partial charge in [-0.1, -0.05) is 44.2 Å². The van der Waals surface area contributed by atoms with E-state index in [2.05, 4.69) is 5.32 Å². The molecule has 174 valence electrons. The van der Waals surface area contributed by atoms with E-state index in [0.29, 0.717) is 38.8 Å². The summed E-state index contributed by atoms with van der Waals surface area (Å²) >= 11 is 0. The van der Waals surface area contributed by atoms with E-state index >= 15 is 0 Å². The minimum absolute atomic E-state index is 0.114. The van der Waals surface area contributed by atoms with Gasteiger partial charge in [-0.05, 0) is 37.2 Å². The van der Waals surface area contributed by atoms with Crippen molar-refractivity contribution in [1.82, 2.24) is 15.1 Å². The molecule has 0 aromatic heterocycles. The number of ether oxygens (including phenoxy) is 1. The molecule has 0 saturated carbocycles. The van der Waals surface area contributed by atoms with Crippen LogP contribution in [0.1, 0.15) is 45.1 Å². The molecule has 2 N–H and O–H groups in total.